The molecule has 1 aliphatic heterocycles. The van der Waals surface area contributed by atoms with Gasteiger partial charge in [0, 0.05) is 0 Å². The molecule has 3 rings (SSSR count). The molecule has 0 aromatic carbocycles. The Balaban J connectivity index is 2.02. The molecule has 0 N–H and O–H groups in total. The van der Waals surface area contributed by atoms with E-state index < -0.39 is 0 Å². The van der Waals surface area contributed by atoms with Crippen LogP contribution in [0.2, 0.25) is 0 Å². The molecule has 0 spiro atoms. The van der Waals surface area contributed by atoms with E-state index in [1.54, 1.807) is 0 Å². The summed E-state index contributed by atoms with van der Waals surface area (Å²) in [6.07, 6.45) is 5.91. The summed E-state index contributed by atoms with van der Waals surface area (Å²) in [6.45, 7) is 0. The molecule has 1 heteroatoms. The molecule has 0 aromatic rings. The summed E-state index contributed by atoms with van der Waals surface area (Å²) in [6, 6.07) is 0. The van der Waals surface area contributed by atoms with Crippen LogP contribution < -0.4 is 0 Å². The zero-order valence-electron chi connectivity index (χ0n) is 4.84. The second kappa shape index (κ2) is 0.971. The van der Waals surface area contributed by atoms with Crippen LogP contribution in [0.15, 0.2) is 0 Å². The summed E-state index contributed by atoms with van der Waals surface area (Å²) in [5.41, 5.74) is 0. The van der Waals surface area contributed by atoms with Crippen LogP contribution in [0.5, 0.6) is 0 Å². The normalized spacial score (nSPS) is 66.0. The maximum Gasteiger partial charge on any atom is 0.0872 e. The monoisotopic (exact) mass is 110 g/mol. The molecule has 2 aliphatic carbocycles. The average Bonchev–Trinajstić information content (AvgIpc) is 2.39. The molecule has 1 heterocycles. The molecule has 1 nitrogen and oxygen atoms in total. The fourth-order valence-corrected chi connectivity index (χ4v) is 2.54. The van der Waals surface area contributed by atoms with Crippen LogP contribution in [0.1, 0.15) is 19.3 Å². The van der Waals surface area contributed by atoms with Crippen LogP contribution in [0, 0.1) is 11.8 Å². The van der Waals surface area contributed by atoms with E-state index in [0.717, 1.165) is 24.0 Å². The molecule has 0 unspecified atom stereocenters. The van der Waals surface area contributed by atoms with Gasteiger partial charge in [0.1, 0.15) is 0 Å². The summed E-state index contributed by atoms with van der Waals surface area (Å²) >= 11 is 0. The van der Waals surface area contributed by atoms with Crippen molar-refractivity contribution in [3.05, 3.63) is 0 Å². The molecule has 4 atom stereocenters. The molecule has 2 saturated carbocycles. The van der Waals surface area contributed by atoms with Crippen molar-refractivity contribution in [1.82, 2.24) is 0 Å². The quantitative estimate of drug-likeness (QED) is 0.427. The van der Waals surface area contributed by atoms with Gasteiger partial charge in [-0.1, -0.05) is 0 Å². The highest BCUT2D eigenvalue weighted by Crippen LogP contribution is 2.55. The molecule has 8 heavy (non-hydrogen) atoms. The lowest BCUT2D eigenvalue weighted by Gasteiger charge is -1.99. The summed E-state index contributed by atoms with van der Waals surface area (Å²) in [5, 5.41) is 0. The van der Waals surface area contributed by atoms with Crippen LogP contribution in [-0.4, -0.2) is 12.2 Å². The zero-order valence-corrected chi connectivity index (χ0v) is 4.84. The second-order valence-corrected chi connectivity index (χ2v) is 3.40. The Hall–Kier alpha value is -0.0400. The molecule has 0 amide bonds. The van der Waals surface area contributed by atoms with Gasteiger partial charge in [-0.15, -0.1) is 0 Å². The van der Waals surface area contributed by atoms with E-state index >= 15 is 0 Å². The highest BCUT2D eigenvalue weighted by Gasteiger charge is 2.59. The lowest BCUT2D eigenvalue weighted by Crippen LogP contribution is -2.04. The van der Waals surface area contributed by atoms with Crippen molar-refractivity contribution in [2.75, 3.05) is 0 Å². The van der Waals surface area contributed by atoms with E-state index in [0.29, 0.717) is 0 Å². The first-order chi connectivity index (χ1) is 3.95. The molecule has 1 saturated heterocycles. The van der Waals surface area contributed by atoms with Gasteiger partial charge < -0.3 is 4.74 Å². The van der Waals surface area contributed by atoms with Crippen molar-refractivity contribution in [3.8, 4) is 0 Å². The van der Waals surface area contributed by atoms with E-state index in [4.69, 9.17) is 4.74 Å². The van der Waals surface area contributed by atoms with E-state index in [1.165, 1.54) is 19.3 Å². The van der Waals surface area contributed by atoms with Crippen LogP contribution in [0.25, 0.3) is 0 Å². The summed E-state index contributed by atoms with van der Waals surface area (Å²) in [7, 11) is 0. The minimum Gasteiger partial charge on any atom is -0.369 e. The molecule has 3 aliphatic rings. The Morgan fingerprint density at radius 1 is 1.00 bits per heavy atom. The highest BCUT2D eigenvalue weighted by atomic mass is 16.6. The second-order valence-electron chi connectivity index (χ2n) is 3.40. The average molecular weight is 110 g/mol. The maximum absolute atomic E-state index is 5.44. The predicted octanol–water partition coefficient (Wildman–Crippen LogP) is 1.18. The van der Waals surface area contributed by atoms with E-state index in [-0.39, 0.29) is 0 Å². The minimum absolute atomic E-state index is 0.744. The van der Waals surface area contributed by atoms with Gasteiger partial charge in [0.25, 0.3) is 0 Å². The van der Waals surface area contributed by atoms with Gasteiger partial charge in [-0.2, -0.15) is 0 Å². The zero-order chi connectivity index (χ0) is 5.14. The number of hydrogen-bond acceptors (Lipinski definition) is 1. The van der Waals surface area contributed by atoms with Gasteiger partial charge in [-0.25, -0.2) is 0 Å². The van der Waals surface area contributed by atoms with Crippen molar-refractivity contribution >= 4 is 0 Å². The Kier molecular flexibility index (Phi) is 0.472. The SMILES string of the molecule is C1C[C@@H]2C[C@@H]1[C@@H]1O[C@@H]21. The standard InChI is InChI=1S/C7H10O/c1-2-5-3-4(1)6-7(5)8-6/h4-7H,1-3H2/t4-,5-,6+,7+/m1/s1. The fourth-order valence-electron chi connectivity index (χ4n) is 2.54. The lowest BCUT2D eigenvalue weighted by molar-refractivity contribution is 0.264. The van der Waals surface area contributed by atoms with Crippen molar-refractivity contribution in [2.24, 2.45) is 11.8 Å². The topological polar surface area (TPSA) is 12.5 Å². The van der Waals surface area contributed by atoms with E-state index in [2.05, 4.69) is 0 Å². The van der Waals surface area contributed by atoms with Gasteiger partial charge in [0.05, 0.1) is 12.2 Å². The Labute approximate surface area is 49.0 Å². The smallest absolute Gasteiger partial charge is 0.0872 e. The first-order valence-electron chi connectivity index (χ1n) is 3.60. The molecule has 0 radical (unpaired) electrons. The molecule has 44 valence electrons. The number of epoxide rings is 1. The van der Waals surface area contributed by atoms with Gasteiger partial charge in [-0.05, 0) is 31.1 Å². The molecular formula is C7H10O. The third-order valence-corrected chi connectivity index (χ3v) is 3.00. The molecule has 0 aromatic heterocycles. The summed E-state index contributed by atoms with van der Waals surface area (Å²) in [4.78, 5) is 0. The largest absolute Gasteiger partial charge is 0.369 e. The molecule has 2 bridgehead atoms. The summed E-state index contributed by atoms with van der Waals surface area (Å²) < 4.78 is 5.44. The van der Waals surface area contributed by atoms with Crippen LogP contribution >= 0.6 is 0 Å². The Bertz CT molecular complexity index is 118. The first-order valence-corrected chi connectivity index (χ1v) is 3.60. The van der Waals surface area contributed by atoms with E-state index in [1.807, 2.05) is 0 Å². The Morgan fingerprint density at radius 2 is 1.62 bits per heavy atom. The van der Waals surface area contributed by atoms with Crippen molar-refractivity contribution in [1.29, 1.82) is 0 Å². The number of ether oxygens (including phenoxy) is 1. The van der Waals surface area contributed by atoms with Gasteiger partial charge in [0.15, 0.2) is 0 Å². The third-order valence-electron chi connectivity index (χ3n) is 3.00. The highest BCUT2D eigenvalue weighted by molar-refractivity contribution is 5.07. The van der Waals surface area contributed by atoms with Crippen molar-refractivity contribution < 1.29 is 4.74 Å². The lowest BCUT2D eigenvalue weighted by atomic mass is 10.0. The van der Waals surface area contributed by atoms with Crippen molar-refractivity contribution in [3.63, 3.8) is 0 Å². The van der Waals surface area contributed by atoms with Gasteiger partial charge in [-0.3, -0.25) is 0 Å². The van der Waals surface area contributed by atoms with E-state index in [9.17, 15) is 0 Å². The summed E-state index contributed by atoms with van der Waals surface area (Å²) in [5.74, 6) is 1.98. The van der Waals surface area contributed by atoms with Crippen LogP contribution in [0.3, 0.4) is 0 Å². The maximum atomic E-state index is 5.44. The van der Waals surface area contributed by atoms with Gasteiger partial charge in [0.2, 0.25) is 0 Å². The fraction of sp³-hybridized carbons (Fsp3) is 1.00. The molecular weight excluding hydrogens is 100 g/mol. The first kappa shape index (κ1) is 3.89. The molecule has 3 fully saturated rings. The predicted molar refractivity (Wildman–Crippen MR) is 29.5 cm³/mol. The van der Waals surface area contributed by atoms with Gasteiger partial charge >= 0.3 is 0 Å². The van der Waals surface area contributed by atoms with Crippen LogP contribution in [0.4, 0.5) is 0 Å². The van der Waals surface area contributed by atoms with Crippen molar-refractivity contribution in [2.45, 2.75) is 31.5 Å². The number of rotatable bonds is 0. The Morgan fingerprint density at radius 3 is 2.00 bits per heavy atom. The minimum atomic E-state index is 0.744. The van der Waals surface area contributed by atoms with Crippen LogP contribution in [-0.2, 0) is 4.74 Å². The third kappa shape index (κ3) is 0.278. The number of fused-ring (bicyclic) bond motifs is 5. The number of hydrogen-bond donors (Lipinski definition) is 0.